The van der Waals surface area contributed by atoms with E-state index in [1.54, 1.807) is 35.4 Å². The van der Waals surface area contributed by atoms with E-state index in [0.29, 0.717) is 11.5 Å². The van der Waals surface area contributed by atoms with Gasteiger partial charge in [0.15, 0.2) is 0 Å². The molecule has 1 saturated heterocycles. The molecule has 39 heavy (non-hydrogen) atoms. The molecule has 6 rings (SSSR count). The van der Waals surface area contributed by atoms with Crippen molar-refractivity contribution in [3.8, 4) is 17.1 Å². The van der Waals surface area contributed by atoms with Crippen LogP contribution in [-0.4, -0.2) is 53.5 Å². The Morgan fingerprint density at radius 1 is 1.15 bits per heavy atom. The van der Waals surface area contributed by atoms with Gasteiger partial charge in [-0.05, 0) is 0 Å². The maximum atomic E-state index is 14.6. The topological polar surface area (TPSA) is 116 Å². The first-order valence-electron chi connectivity index (χ1n) is 12.2. The fourth-order valence-corrected chi connectivity index (χ4v) is 11.1. The third-order valence-electron chi connectivity index (χ3n) is 7.81. The van der Waals surface area contributed by atoms with Gasteiger partial charge in [-0.2, -0.15) is 0 Å². The Labute approximate surface area is 234 Å². The summed E-state index contributed by atoms with van der Waals surface area (Å²) in [5, 5.41) is 13.4. The van der Waals surface area contributed by atoms with Gasteiger partial charge in [-0.1, -0.05) is 0 Å². The minimum absolute atomic E-state index is 0.0654. The predicted molar refractivity (Wildman–Crippen MR) is 135 cm³/mol. The molecule has 1 aromatic carbocycles. The van der Waals surface area contributed by atoms with Gasteiger partial charge >= 0.3 is 236 Å². The van der Waals surface area contributed by atoms with E-state index in [1.807, 2.05) is 0 Å². The summed E-state index contributed by atoms with van der Waals surface area (Å²) in [6.45, 7) is 4.46. The van der Waals surface area contributed by atoms with Gasteiger partial charge in [-0.15, -0.1) is 0 Å². The van der Waals surface area contributed by atoms with Crippen LogP contribution in [0, 0.1) is 17.0 Å². The normalized spacial score (nSPS) is 21.8. The number of hydrogen-bond acceptors (Lipinski definition) is 7. The Morgan fingerprint density at radius 3 is 2.67 bits per heavy atom. The zero-order chi connectivity index (χ0) is 27.6. The van der Waals surface area contributed by atoms with Crippen molar-refractivity contribution in [3.05, 3.63) is 83.2 Å². The summed E-state index contributed by atoms with van der Waals surface area (Å²) in [6.07, 6.45) is 6.17. The number of nitrogens with zero attached hydrogens (tertiary/aromatic N) is 6. The molecule has 3 aromatic heterocycles. The molecule has 0 spiro atoms. The standard InChI is InChI=1S/C26H25F2IN7O2S/c1-25(2)17-10-29-14-26(25,24-16(17)9-20(33-34-24)23-18(27)5-4-6-19(23)28)21-12-30-13-22(32-21)36-8-7-15(35-36)11-31-39(3,37)38/h4-9,12-13,17,31H,10-11,14H2,1-3H3/q-1/t17-,26-/m0/s1. The van der Waals surface area contributed by atoms with Crippen LogP contribution in [0.1, 0.15) is 42.4 Å². The monoisotopic (exact) mass is 664 g/mol. The molecule has 4 heterocycles. The molecule has 0 saturated carbocycles. The molecule has 0 unspecified atom stereocenters. The Kier molecular flexibility index (Phi) is 6.30. The van der Waals surface area contributed by atoms with Crippen LogP contribution in [0.2, 0.25) is 0 Å². The van der Waals surface area contributed by atoms with Crippen LogP contribution in [-0.2, 0) is 22.0 Å². The molecule has 1 aliphatic heterocycles. The van der Waals surface area contributed by atoms with Crippen molar-refractivity contribution in [2.75, 3.05) is 15.1 Å². The van der Waals surface area contributed by atoms with Gasteiger partial charge in [0.2, 0.25) is 0 Å². The molecule has 204 valence electrons. The molecule has 2 atom stereocenters. The molecule has 1 N–H and O–H groups in total. The van der Waals surface area contributed by atoms with Gasteiger partial charge in [-0.3, -0.25) is 0 Å². The summed E-state index contributed by atoms with van der Waals surface area (Å²) >= 11 is -0.213. The van der Waals surface area contributed by atoms with Crippen molar-refractivity contribution in [3.63, 3.8) is 0 Å². The predicted octanol–water partition coefficient (Wildman–Crippen LogP) is -0.0412. The molecular weight excluding hydrogens is 639 g/mol. The van der Waals surface area contributed by atoms with E-state index < -0.39 is 27.1 Å². The summed E-state index contributed by atoms with van der Waals surface area (Å²) in [6, 6.07) is 7.31. The number of sulfonamides is 1. The summed E-state index contributed by atoms with van der Waals surface area (Å²) < 4.78 is 58.0. The number of aromatic nitrogens is 6. The van der Waals surface area contributed by atoms with Crippen molar-refractivity contribution in [2.45, 2.75) is 31.7 Å². The van der Waals surface area contributed by atoms with E-state index in [9.17, 15) is 17.2 Å². The van der Waals surface area contributed by atoms with Crippen LogP contribution in [0.4, 0.5) is 8.78 Å². The summed E-state index contributed by atoms with van der Waals surface area (Å²) in [5.41, 5.74) is 2.21. The Balaban J connectivity index is 1.44. The van der Waals surface area contributed by atoms with E-state index in [1.165, 1.54) is 18.2 Å². The molecule has 1 fully saturated rings. The first-order chi connectivity index (χ1) is 18.5. The summed E-state index contributed by atoms with van der Waals surface area (Å²) in [5.74, 6) is -0.706. The van der Waals surface area contributed by atoms with Crippen LogP contribution >= 0.6 is 0 Å². The third-order valence-corrected chi connectivity index (χ3v) is 11.7. The quantitative estimate of drug-likeness (QED) is 0.227. The molecule has 0 radical (unpaired) electrons. The number of halogens is 3. The zero-order valence-electron chi connectivity index (χ0n) is 21.4. The fraction of sp³-hybridized carbons (Fsp3) is 0.346. The second-order valence-electron chi connectivity index (χ2n) is 10.4. The van der Waals surface area contributed by atoms with Crippen molar-refractivity contribution >= 4 is 10.0 Å². The molecule has 9 nitrogen and oxygen atoms in total. The Hall–Kier alpha value is -2.91. The van der Waals surface area contributed by atoms with Gasteiger partial charge in [0.25, 0.3) is 0 Å². The minimum atomic E-state index is -3.35. The maximum absolute atomic E-state index is 14.6. The van der Waals surface area contributed by atoms with Crippen LogP contribution in [0.25, 0.3) is 17.1 Å². The number of benzene rings is 1. The van der Waals surface area contributed by atoms with E-state index in [-0.39, 0.29) is 50.3 Å². The zero-order valence-corrected chi connectivity index (χ0v) is 24.3. The van der Waals surface area contributed by atoms with E-state index in [2.05, 4.69) is 38.8 Å². The van der Waals surface area contributed by atoms with Crippen LogP contribution < -0.4 is 25.9 Å². The number of alkyl halides is 2. The number of nitrogens with one attached hydrogen (secondary N) is 1. The SMILES string of the molecule is CC1(C)[C@H]2C[I-]C[C@]1(c1cncc(-n3ccc(CNS(C)(=O)=O)n3)n1)c1nnc(-c3c(F)cccc3F)cc12. The van der Waals surface area contributed by atoms with E-state index in [4.69, 9.17) is 4.98 Å². The number of fused-ring (bicyclic) bond motifs is 5. The van der Waals surface area contributed by atoms with Gasteiger partial charge in [0.05, 0.1) is 0 Å². The number of rotatable bonds is 6. The Bertz CT molecular complexity index is 1690. The molecular formula is C26H25F2IN7O2S-. The van der Waals surface area contributed by atoms with Crippen LogP contribution in [0.15, 0.2) is 48.9 Å². The average Bonchev–Trinajstić information content (AvgIpc) is 3.36. The molecule has 2 aliphatic rings. The van der Waals surface area contributed by atoms with Crippen molar-refractivity contribution in [1.29, 1.82) is 0 Å². The molecule has 4 aromatic rings. The second kappa shape index (κ2) is 9.34. The molecule has 0 amide bonds. The second-order valence-corrected chi connectivity index (χ2v) is 14.9. The van der Waals surface area contributed by atoms with E-state index in [0.717, 1.165) is 32.1 Å². The molecule has 1 aliphatic carbocycles. The average molecular weight is 665 g/mol. The van der Waals surface area contributed by atoms with Crippen molar-refractivity contribution in [2.24, 2.45) is 5.41 Å². The van der Waals surface area contributed by atoms with Crippen LogP contribution in [0.5, 0.6) is 0 Å². The first kappa shape index (κ1) is 26.3. The molecule has 13 heteroatoms. The van der Waals surface area contributed by atoms with Crippen molar-refractivity contribution < 1.29 is 38.4 Å². The summed E-state index contributed by atoms with van der Waals surface area (Å²) in [4.78, 5) is 9.49. The summed E-state index contributed by atoms with van der Waals surface area (Å²) in [7, 11) is -3.35. The Morgan fingerprint density at radius 2 is 1.92 bits per heavy atom. The van der Waals surface area contributed by atoms with Crippen molar-refractivity contribution in [1.82, 2.24) is 34.7 Å². The number of hydrogen-bond donors (Lipinski definition) is 1. The van der Waals surface area contributed by atoms with Gasteiger partial charge in [0, 0.05) is 0 Å². The van der Waals surface area contributed by atoms with Gasteiger partial charge < -0.3 is 0 Å². The first-order valence-corrected chi connectivity index (χ1v) is 17.1. The molecule has 2 bridgehead atoms. The van der Waals surface area contributed by atoms with Crippen LogP contribution in [0.3, 0.4) is 0 Å². The van der Waals surface area contributed by atoms with E-state index >= 15 is 0 Å². The van der Waals surface area contributed by atoms with Gasteiger partial charge in [-0.25, -0.2) is 0 Å². The fourth-order valence-electron chi connectivity index (χ4n) is 5.66. The van der Waals surface area contributed by atoms with Gasteiger partial charge in [0.1, 0.15) is 0 Å². The third kappa shape index (κ3) is 4.25.